The van der Waals surface area contributed by atoms with Crippen LogP contribution < -0.4 is 9.62 Å². The van der Waals surface area contributed by atoms with Gasteiger partial charge in [0.05, 0.1) is 11.9 Å². The molecule has 0 heterocycles. The minimum Gasteiger partial charge on any atom is -0.451 e. The lowest BCUT2D eigenvalue weighted by molar-refractivity contribution is -0.153. The summed E-state index contributed by atoms with van der Waals surface area (Å²) >= 11 is 0. The molecule has 1 amide bonds. The van der Waals surface area contributed by atoms with Crippen molar-refractivity contribution in [1.29, 1.82) is 0 Å². The lowest BCUT2D eigenvalue weighted by Crippen LogP contribution is -2.41. The molecular weight excluding hydrogens is 332 g/mol. The first-order valence-corrected chi connectivity index (χ1v) is 9.56. The Labute approximate surface area is 142 Å². The van der Waals surface area contributed by atoms with Crippen molar-refractivity contribution < 1.29 is 22.7 Å². The molecule has 1 aromatic rings. The minimum absolute atomic E-state index is 0.165. The van der Waals surface area contributed by atoms with Gasteiger partial charge in [-0.15, -0.1) is 0 Å². The average Bonchev–Trinajstić information content (AvgIpc) is 3.28. The third-order valence-corrected chi connectivity index (χ3v) is 4.78. The maximum absolute atomic E-state index is 12.1. The van der Waals surface area contributed by atoms with Gasteiger partial charge in [-0.3, -0.25) is 13.9 Å². The molecule has 1 N–H and O–H groups in total. The van der Waals surface area contributed by atoms with Gasteiger partial charge >= 0.3 is 5.97 Å². The molecule has 132 valence electrons. The number of anilines is 1. The molecule has 8 heteroatoms. The van der Waals surface area contributed by atoms with Gasteiger partial charge in [-0.1, -0.05) is 18.2 Å². The van der Waals surface area contributed by atoms with Gasteiger partial charge in [0.25, 0.3) is 5.91 Å². The maximum Gasteiger partial charge on any atom is 0.327 e. The first-order valence-electron chi connectivity index (χ1n) is 7.71. The van der Waals surface area contributed by atoms with Gasteiger partial charge in [-0.2, -0.15) is 0 Å². The number of amides is 1. The number of aryl methyl sites for hydroxylation is 1. The standard InChI is InChI=1S/C16H22N2O5S/c1-11-6-4-5-7-14(11)18(24(3,21)22)10-15(19)23-12(2)16(20)17-13-8-9-13/h4-7,12-13H,8-10H2,1-3H3,(H,17,20)/t12-/m1/s1. The fourth-order valence-corrected chi connectivity index (χ4v) is 3.08. The Morgan fingerprint density at radius 1 is 1.33 bits per heavy atom. The molecule has 0 spiro atoms. The van der Waals surface area contributed by atoms with Crippen molar-refractivity contribution in [3.63, 3.8) is 0 Å². The highest BCUT2D eigenvalue weighted by molar-refractivity contribution is 7.92. The molecule has 0 bridgehead atoms. The molecule has 1 atom stereocenters. The number of esters is 1. The molecular formula is C16H22N2O5S. The Hall–Kier alpha value is -2.09. The van der Waals surface area contributed by atoms with Gasteiger partial charge < -0.3 is 10.1 Å². The summed E-state index contributed by atoms with van der Waals surface area (Å²) < 4.78 is 30.1. The zero-order chi connectivity index (χ0) is 17.9. The fourth-order valence-electron chi connectivity index (χ4n) is 2.18. The highest BCUT2D eigenvalue weighted by Crippen LogP contribution is 2.22. The number of nitrogens with one attached hydrogen (secondary N) is 1. The quantitative estimate of drug-likeness (QED) is 0.737. The molecule has 0 aliphatic heterocycles. The van der Waals surface area contributed by atoms with E-state index >= 15 is 0 Å². The number of para-hydroxylation sites is 1. The molecule has 1 aliphatic rings. The van der Waals surface area contributed by atoms with Gasteiger partial charge in [0, 0.05) is 6.04 Å². The lowest BCUT2D eigenvalue weighted by Gasteiger charge is -2.24. The van der Waals surface area contributed by atoms with E-state index in [1.54, 1.807) is 31.2 Å². The van der Waals surface area contributed by atoms with Crippen molar-refractivity contribution in [2.75, 3.05) is 17.1 Å². The van der Waals surface area contributed by atoms with Crippen molar-refractivity contribution in [1.82, 2.24) is 5.32 Å². The Kier molecular flexibility index (Phi) is 5.48. The van der Waals surface area contributed by atoms with E-state index < -0.39 is 28.6 Å². The van der Waals surface area contributed by atoms with Crippen LogP contribution in [0.5, 0.6) is 0 Å². The number of nitrogens with zero attached hydrogens (tertiary/aromatic N) is 1. The van der Waals surface area contributed by atoms with Crippen molar-refractivity contribution in [3.05, 3.63) is 29.8 Å². The smallest absolute Gasteiger partial charge is 0.327 e. The van der Waals surface area contributed by atoms with Crippen LogP contribution in [0.15, 0.2) is 24.3 Å². The van der Waals surface area contributed by atoms with Crippen LogP contribution in [-0.2, 0) is 24.3 Å². The number of benzene rings is 1. The van der Waals surface area contributed by atoms with Crippen LogP contribution in [-0.4, -0.2) is 45.2 Å². The highest BCUT2D eigenvalue weighted by atomic mass is 32.2. The summed E-state index contributed by atoms with van der Waals surface area (Å²) in [5.74, 6) is -1.14. The van der Waals surface area contributed by atoms with E-state index in [4.69, 9.17) is 4.74 Å². The van der Waals surface area contributed by atoms with Crippen molar-refractivity contribution >= 4 is 27.6 Å². The molecule has 0 saturated heterocycles. The number of carbonyl (C=O) groups is 2. The topological polar surface area (TPSA) is 92.8 Å². The highest BCUT2D eigenvalue weighted by Gasteiger charge is 2.29. The first kappa shape index (κ1) is 18.3. The average molecular weight is 354 g/mol. The molecule has 0 aromatic heterocycles. The van der Waals surface area contributed by atoms with Gasteiger partial charge in [0.2, 0.25) is 10.0 Å². The molecule has 0 unspecified atom stereocenters. The summed E-state index contributed by atoms with van der Waals surface area (Å²) in [7, 11) is -3.67. The van der Waals surface area contributed by atoms with Crippen LogP contribution >= 0.6 is 0 Å². The number of rotatable bonds is 7. The Bertz CT molecular complexity index is 728. The predicted molar refractivity (Wildman–Crippen MR) is 90.1 cm³/mol. The second-order valence-corrected chi connectivity index (χ2v) is 7.88. The van der Waals surface area contributed by atoms with E-state index in [9.17, 15) is 18.0 Å². The Morgan fingerprint density at radius 3 is 2.50 bits per heavy atom. The van der Waals surface area contributed by atoms with Crippen molar-refractivity contribution in [3.8, 4) is 0 Å². The number of ether oxygens (including phenoxy) is 1. The van der Waals surface area contributed by atoms with E-state index in [1.807, 2.05) is 0 Å². The summed E-state index contributed by atoms with van der Waals surface area (Å²) in [5, 5.41) is 2.74. The summed E-state index contributed by atoms with van der Waals surface area (Å²) in [4.78, 5) is 23.9. The molecule has 1 saturated carbocycles. The van der Waals surface area contributed by atoms with Gasteiger partial charge in [0.1, 0.15) is 6.54 Å². The summed E-state index contributed by atoms with van der Waals surface area (Å²) in [6.07, 6.45) is 1.93. The summed E-state index contributed by atoms with van der Waals surface area (Å²) in [6, 6.07) is 7.01. The van der Waals surface area contributed by atoms with Gasteiger partial charge in [-0.25, -0.2) is 8.42 Å². The Morgan fingerprint density at radius 2 is 1.96 bits per heavy atom. The molecule has 2 rings (SSSR count). The van der Waals surface area contributed by atoms with Crippen LogP contribution in [0.4, 0.5) is 5.69 Å². The third-order valence-electron chi connectivity index (χ3n) is 3.66. The molecule has 0 radical (unpaired) electrons. The van der Waals surface area contributed by atoms with E-state index in [1.165, 1.54) is 6.92 Å². The third kappa shape index (κ3) is 4.95. The van der Waals surface area contributed by atoms with E-state index in [-0.39, 0.29) is 11.9 Å². The summed E-state index contributed by atoms with van der Waals surface area (Å²) in [6.45, 7) is 2.74. The monoisotopic (exact) mass is 354 g/mol. The van der Waals surface area contributed by atoms with E-state index in [0.717, 1.165) is 29.0 Å². The molecule has 1 aromatic carbocycles. The second-order valence-electron chi connectivity index (χ2n) is 5.97. The molecule has 1 aliphatic carbocycles. The normalized spacial score (nSPS) is 15.5. The van der Waals surface area contributed by atoms with Crippen LogP contribution in [0.25, 0.3) is 0 Å². The van der Waals surface area contributed by atoms with Crippen LogP contribution in [0.1, 0.15) is 25.3 Å². The summed E-state index contributed by atoms with van der Waals surface area (Å²) in [5.41, 5.74) is 1.13. The number of sulfonamides is 1. The van der Waals surface area contributed by atoms with E-state index in [2.05, 4.69) is 5.32 Å². The van der Waals surface area contributed by atoms with Crippen LogP contribution in [0.2, 0.25) is 0 Å². The second kappa shape index (κ2) is 7.21. The van der Waals surface area contributed by atoms with Crippen LogP contribution in [0, 0.1) is 6.92 Å². The van der Waals surface area contributed by atoms with E-state index in [0.29, 0.717) is 5.69 Å². The maximum atomic E-state index is 12.1. The minimum atomic E-state index is -3.67. The molecule has 24 heavy (non-hydrogen) atoms. The van der Waals surface area contributed by atoms with Crippen molar-refractivity contribution in [2.45, 2.75) is 38.8 Å². The number of carbonyl (C=O) groups excluding carboxylic acids is 2. The fraction of sp³-hybridized carbons (Fsp3) is 0.500. The molecule has 7 nitrogen and oxygen atoms in total. The zero-order valence-corrected chi connectivity index (χ0v) is 14.8. The van der Waals surface area contributed by atoms with Crippen molar-refractivity contribution in [2.24, 2.45) is 0 Å². The first-order chi connectivity index (χ1) is 11.2. The van der Waals surface area contributed by atoms with Gasteiger partial charge in [0.15, 0.2) is 6.10 Å². The zero-order valence-electron chi connectivity index (χ0n) is 14.0. The SMILES string of the molecule is Cc1ccccc1N(CC(=O)O[C@H](C)C(=O)NC1CC1)S(C)(=O)=O. The lowest BCUT2D eigenvalue weighted by atomic mass is 10.2. The Balaban J connectivity index is 2.05. The molecule has 1 fully saturated rings. The van der Waals surface area contributed by atoms with Crippen LogP contribution in [0.3, 0.4) is 0 Å². The number of hydrogen-bond donors (Lipinski definition) is 1. The predicted octanol–water partition coefficient (Wildman–Crippen LogP) is 0.971. The largest absolute Gasteiger partial charge is 0.451 e. The van der Waals surface area contributed by atoms with Gasteiger partial charge in [-0.05, 0) is 38.3 Å². The number of hydrogen-bond acceptors (Lipinski definition) is 5.